The number of carbonyl (C=O) groups excluding carboxylic acids is 1. The Morgan fingerprint density at radius 2 is 2.36 bits per heavy atom. The summed E-state index contributed by atoms with van der Waals surface area (Å²) in [5.74, 6) is 0.316. The third-order valence-electron chi connectivity index (χ3n) is 1.50. The van der Waals surface area contributed by atoms with E-state index in [0.29, 0.717) is 15.5 Å². The number of thioether (sulfide) groups is 1. The van der Waals surface area contributed by atoms with Gasteiger partial charge in [-0.15, -0.1) is 23.1 Å². The molecule has 4 nitrogen and oxygen atoms in total. The van der Waals surface area contributed by atoms with Gasteiger partial charge in [-0.05, 0) is 13.8 Å². The van der Waals surface area contributed by atoms with Gasteiger partial charge in [0, 0.05) is 10.9 Å². The average Bonchev–Trinajstić information content (AvgIpc) is 2.43. The predicted molar refractivity (Wildman–Crippen MR) is 57.1 cm³/mol. The van der Waals surface area contributed by atoms with Crippen molar-refractivity contribution in [3.05, 3.63) is 21.1 Å². The molecule has 0 aliphatic carbocycles. The molecular weight excluding hydrogens is 222 g/mol. The lowest BCUT2D eigenvalue weighted by Gasteiger charge is -1.95. The summed E-state index contributed by atoms with van der Waals surface area (Å²) in [5, 5.41) is 12.4. The second-order valence-electron chi connectivity index (χ2n) is 2.80. The van der Waals surface area contributed by atoms with E-state index in [1.807, 2.05) is 0 Å². The first-order chi connectivity index (χ1) is 6.52. The highest BCUT2D eigenvalue weighted by Gasteiger charge is 2.20. The second-order valence-corrected chi connectivity index (χ2v) is 4.93. The molecule has 14 heavy (non-hydrogen) atoms. The van der Waals surface area contributed by atoms with Crippen LogP contribution in [0, 0.1) is 17.0 Å². The number of aryl methyl sites for hydroxylation is 1. The van der Waals surface area contributed by atoms with E-state index in [0.717, 1.165) is 0 Å². The molecule has 76 valence electrons. The van der Waals surface area contributed by atoms with Gasteiger partial charge in [-0.3, -0.25) is 14.9 Å². The molecule has 1 aromatic rings. The van der Waals surface area contributed by atoms with Crippen LogP contribution in [-0.2, 0) is 4.79 Å². The third kappa shape index (κ3) is 2.55. The van der Waals surface area contributed by atoms with Crippen LogP contribution in [0.4, 0.5) is 5.69 Å². The molecule has 0 aliphatic rings. The SMILES string of the molecule is CC(=O)CSc1scc(C)c1[N+](=O)[O-]. The molecule has 0 spiro atoms. The second kappa shape index (κ2) is 4.56. The van der Waals surface area contributed by atoms with Crippen molar-refractivity contribution in [1.29, 1.82) is 0 Å². The minimum atomic E-state index is -0.395. The molecule has 0 N–H and O–H groups in total. The van der Waals surface area contributed by atoms with E-state index < -0.39 is 4.92 Å². The van der Waals surface area contributed by atoms with Crippen molar-refractivity contribution in [2.75, 3.05) is 5.75 Å². The molecule has 0 aromatic carbocycles. The summed E-state index contributed by atoms with van der Waals surface area (Å²) in [4.78, 5) is 21.0. The van der Waals surface area contributed by atoms with Crippen molar-refractivity contribution in [1.82, 2.24) is 0 Å². The Morgan fingerprint density at radius 3 is 2.86 bits per heavy atom. The summed E-state index contributed by atoms with van der Waals surface area (Å²) >= 11 is 2.55. The van der Waals surface area contributed by atoms with Crippen molar-refractivity contribution in [2.45, 2.75) is 18.1 Å². The summed E-state index contributed by atoms with van der Waals surface area (Å²) in [5.41, 5.74) is 0.798. The van der Waals surface area contributed by atoms with E-state index in [1.165, 1.54) is 30.0 Å². The molecular formula is C8H9NO3S2. The molecule has 0 saturated carbocycles. The fourth-order valence-corrected chi connectivity index (χ4v) is 2.95. The van der Waals surface area contributed by atoms with E-state index in [9.17, 15) is 14.9 Å². The Bertz CT molecular complexity index is 373. The van der Waals surface area contributed by atoms with Gasteiger partial charge in [0.25, 0.3) is 5.69 Å². The normalized spacial score (nSPS) is 10.1. The van der Waals surface area contributed by atoms with Gasteiger partial charge < -0.3 is 0 Å². The first kappa shape index (κ1) is 11.2. The molecule has 0 fully saturated rings. The lowest BCUT2D eigenvalue weighted by Crippen LogP contribution is -1.94. The lowest BCUT2D eigenvalue weighted by atomic mass is 10.3. The topological polar surface area (TPSA) is 60.2 Å². The number of thiophene rings is 1. The number of Topliss-reactive ketones (excluding diaryl/α,β-unsaturated/α-hetero) is 1. The van der Waals surface area contributed by atoms with Gasteiger partial charge >= 0.3 is 0 Å². The molecule has 0 radical (unpaired) electrons. The maximum Gasteiger partial charge on any atom is 0.296 e. The first-order valence-corrected chi connectivity index (χ1v) is 5.73. The molecule has 0 amide bonds. The van der Waals surface area contributed by atoms with Gasteiger partial charge in [-0.2, -0.15) is 0 Å². The zero-order valence-corrected chi connectivity index (χ0v) is 9.41. The van der Waals surface area contributed by atoms with Crippen molar-refractivity contribution in [3.63, 3.8) is 0 Å². The summed E-state index contributed by atoms with van der Waals surface area (Å²) in [6, 6.07) is 0. The van der Waals surface area contributed by atoms with Gasteiger partial charge in [0.1, 0.15) is 9.99 Å². The molecule has 6 heteroatoms. The minimum absolute atomic E-state index is 0.0235. The smallest absolute Gasteiger partial charge is 0.296 e. The van der Waals surface area contributed by atoms with Crippen LogP contribution in [0.25, 0.3) is 0 Å². The Balaban J connectivity index is 2.86. The molecule has 1 aromatic heterocycles. The standard InChI is InChI=1S/C8H9NO3S2/c1-5-3-13-8(7(5)9(11)12)14-4-6(2)10/h3H,4H2,1-2H3. The van der Waals surface area contributed by atoms with Crippen molar-refractivity contribution < 1.29 is 9.72 Å². The van der Waals surface area contributed by atoms with Crippen LogP contribution < -0.4 is 0 Å². The summed E-state index contributed by atoms with van der Waals surface area (Å²) in [6.45, 7) is 3.17. The zero-order chi connectivity index (χ0) is 10.7. The molecule has 0 bridgehead atoms. The highest BCUT2D eigenvalue weighted by molar-refractivity contribution is 8.01. The summed E-state index contributed by atoms with van der Waals surface area (Å²) < 4.78 is 0.614. The molecule has 0 aliphatic heterocycles. The fraction of sp³-hybridized carbons (Fsp3) is 0.375. The lowest BCUT2D eigenvalue weighted by molar-refractivity contribution is -0.387. The number of rotatable bonds is 4. The van der Waals surface area contributed by atoms with Gasteiger partial charge in [0.2, 0.25) is 0 Å². The van der Waals surface area contributed by atoms with Crippen LogP contribution in [0.2, 0.25) is 0 Å². The Hall–Kier alpha value is -0.880. The van der Waals surface area contributed by atoms with E-state index in [4.69, 9.17) is 0 Å². The third-order valence-corrected chi connectivity index (χ3v) is 4.03. The van der Waals surface area contributed by atoms with Crippen molar-refractivity contribution >= 4 is 34.6 Å². The van der Waals surface area contributed by atoms with E-state index in [-0.39, 0.29) is 11.5 Å². The summed E-state index contributed by atoms with van der Waals surface area (Å²) in [6.07, 6.45) is 0. The van der Waals surface area contributed by atoms with E-state index in [2.05, 4.69) is 0 Å². The zero-order valence-electron chi connectivity index (χ0n) is 7.77. The van der Waals surface area contributed by atoms with Crippen molar-refractivity contribution in [3.8, 4) is 0 Å². The van der Waals surface area contributed by atoms with Gasteiger partial charge in [0.05, 0.1) is 10.7 Å². The summed E-state index contributed by atoms with van der Waals surface area (Å²) in [7, 11) is 0. The minimum Gasteiger partial charge on any atom is -0.299 e. The number of hydrogen-bond acceptors (Lipinski definition) is 5. The van der Waals surface area contributed by atoms with E-state index in [1.54, 1.807) is 12.3 Å². The molecule has 1 heterocycles. The van der Waals surface area contributed by atoms with Gasteiger partial charge in [0.15, 0.2) is 0 Å². The Morgan fingerprint density at radius 1 is 1.71 bits per heavy atom. The number of nitrogens with zero attached hydrogens (tertiary/aromatic N) is 1. The Labute approximate surface area is 89.5 Å². The number of ketones is 1. The first-order valence-electron chi connectivity index (χ1n) is 3.87. The van der Waals surface area contributed by atoms with Crippen LogP contribution in [0.15, 0.2) is 9.59 Å². The van der Waals surface area contributed by atoms with Crippen LogP contribution in [0.5, 0.6) is 0 Å². The fourth-order valence-electron chi connectivity index (χ4n) is 0.903. The molecule has 0 unspecified atom stereocenters. The van der Waals surface area contributed by atoms with E-state index >= 15 is 0 Å². The monoisotopic (exact) mass is 231 g/mol. The molecule has 0 saturated heterocycles. The molecule has 0 atom stereocenters. The van der Waals surface area contributed by atoms with Gasteiger partial charge in [-0.1, -0.05) is 0 Å². The molecule has 1 rings (SSSR count). The highest BCUT2D eigenvalue weighted by Crippen LogP contribution is 2.37. The van der Waals surface area contributed by atoms with Crippen molar-refractivity contribution in [2.24, 2.45) is 0 Å². The number of hydrogen-bond donors (Lipinski definition) is 0. The van der Waals surface area contributed by atoms with Gasteiger partial charge in [-0.25, -0.2) is 0 Å². The van der Waals surface area contributed by atoms with Crippen LogP contribution >= 0.6 is 23.1 Å². The average molecular weight is 231 g/mol. The Kier molecular flexibility index (Phi) is 3.65. The number of nitro groups is 1. The maximum atomic E-state index is 10.7. The number of carbonyl (C=O) groups is 1. The highest BCUT2D eigenvalue weighted by atomic mass is 32.2. The quantitative estimate of drug-likeness (QED) is 0.454. The largest absolute Gasteiger partial charge is 0.299 e. The predicted octanol–water partition coefficient (Wildman–Crippen LogP) is 2.65. The van der Waals surface area contributed by atoms with Crippen LogP contribution in [-0.4, -0.2) is 16.5 Å². The maximum absolute atomic E-state index is 10.7. The van der Waals surface area contributed by atoms with Crippen LogP contribution in [0.3, 0.4) is 0 Å². The van der Waals surface area contributed by atoms with Crippen LogP contribution in [0.1, 0.15) is 12.5 Å².